The van der Waals surface area contributed by atoms with Crippen LogP contribution in [0.4, 0.5) is 17.5 Å². The number of primary amides is 1. The summed E-state index contributed by atoms with van der Waals surface area (Å²) in [5, 5.41) is 16.7. The molecule has 0 unspecified atom stereocenters. The van der Waals surface area contributed by atoms with Gasteiger partial charge < -0.3 is 16.4 Å². The molecular weight excluding hydrogens is 418 g/mol. The third-order valence-corrected chi connectivity index (χ3v) is 6.47. The number of nitrogens with one attached hydrogen (secondary N) is 2. The van der Waals surface area contributed by atoms with Gasteiger partial charge >= 0.3 is 0 Å². The lowest BCUT2D eigenvalue weighted by Crippen LogP contribution is -2.47. The first-order chi connectivity index (χ1) is 16.1. The minimum absolute atomic E-state index is 0.104. The van der Waals surface area contributed by atoms with Crippen molar-refractivity contribution >= 4 is 34.3 Å². The maximum atomic E-state index is 11.2. The van der Waals surface area contributed by atoms with Crippen LogP contribution in [0.5, 0.6) is 0 Å². The Morgan fingerprint density at radius 2 is 2.00 bits per heavy atom. The number of fused-ring (bicyclic) bond motifs is 3. The fraction of sp³-hybridized carbons (Fsp3) is 0.391. The second-order valence-electron chi connectivity index (χ2n) is 8.55. The Labute approximate surface area is 191 Å². The van der Waals surface area contributed by atoms with Gasteiger partial charge in [0.25, 0.3) is 5.91 Å². The van der Waals surface area contributed by atoms with Crippen LogP contribution in [0.25, 0.3) is 10.9 Å². The number of nitrogens with two attached hydrogens (primary N) is 1. The van der Waals surface area contributed by atoms with Crippen molar-refractivity contribution in [3.8, 4) is 6.07 Å². The Balaban J connectivity index is 1.37. The highest BCUT2D eigenvalue weighted by Gasteiger charge is 2.40. The van der Waals surface area contributed by atoms with Gasteiger partial charge in [0.1, 0.15) is 23.1 Å². The lowest BCUT2D eigenvalue weighted by atomic mass is 9.97. The maximum Gasteiger partial charge on any atom is 0.268 e. The van der Waals surface area contributed by atoms with Crippen molar-refractivity contribution in [1.82, 2.24) is 24.8 Å². The van der Waals surface area contributed by atoms with E-state index in [0.717, 1.165) is 36.1 Å². The number of hydrogen-bond donors (Lipinski definition) is 3. The average Bonchev–Trinajstić information content (AvgIpc) is 3.05. The first-order valence-corrected chi connectivity index (χ1v) is 11.1. The van der Waals surface area contributed by atoms with Crippen LogP contribution in [0.3, 0.4) is 0 Å². The number of amides is 1. The van der Waals surface area contributed by atoms with Crippen molar-refractivity contribution in [2.24, 2.45) is 5.73 Å². The molecule has 5 heterocycles. The highest BCUT2D eigenvalue weighted by atomic mass is 16.1. The second kappa shape index (κ2) is 8.96. The summed E-state index contributed by atoms with van der Waals surface area (Å²) in [5.74, 6) is 1.19. The predicted octanol–water partition coefficient (Wildman–Crippen LogP) is 2.58. The normalized spacial score (nSPS) is 22.1. The number of aromatic nitrogens is 4. The fourth-order valence-electron chi connectivity index (χ4n) is 5.03. The largest absolute Gasteiger partial charge is 0.367 e. The van der Waals surface area contributed by atoms with E-state index in [9.17, 15) is 4.79 Å². The van der Waals surface area contributed by atoms with Gasteiger partial charge in [0.05, 0.1) is 24.0 Å². The first-order valence-electron chi connectivity index (χ1n) is 11.1. The highest BCUT2D eigenvalue weighted by Crippen LogP contribution is 2.37. The Bertz CT molecular complexity index is 1190. The number of carbonyl (C=O) groups excluding carboxylic acids is 1. The molecule has 3 aromatic heterocycles. The van der Waals surface area contributed by atoms with Crippen molar-refractivity contribution in [1.29, 1.82) is 5.26 Å². The second-order valence-corrected chi connectivity index (χ2v) is 8.55. The topological polar surface area (TPSA) is 146 Å². The fourth-order valence-corrected chi connectivity index (χ4v) is 5.03. The lowest BCUT2D eigenvalue weighted by Gasteiger charge is -2.39. The van der Waals surface area contributed by atoms with E-state index in [4.69, 9.17) is 16.0 Å². The van der Waals surface area contributed by atoms with E-state index in [1.807, 2.05) is 18.2 Å². The molecule has 0 aliphatic carbocycles. The zero-order valence-corrected chi connectivity index (χ0v) is 18.1. The Hall–Kier alpha value is -3.84. The molecule has 1 amide bonds. The van der Waals surface area contributed by atoms with E-state index in [1.165, 1.54) is 25.2 Å². The first kappa shape index (κ1) is 21.0. The van der Waals surface area contributed by atoms with Crippen LogP contribution in [-0.4, -0.2) is 55.4 Å². The minimum Gasteiger partial charge on any atom is -0.367 e. The van der Waals surface area contributed by atoms with Crippen LogP contribution in [0.15, 0.2) is 36.8 Å². The van der Waals surface area contributed by atoms with Crippen LogP contribution in [0.1, 0.15) is 42.6 Å². The van der Waals surface area contributed by atoms with Gasteiger partial charge in [0.2, 0.25) is 0 Å². The van der Waals surface area contributed by atoms with Gasteiger partial charge in [0.15, 0.2) is 0 Å². The lowest BCUT2D eigenvalue weighted by molar-refractivity contribution is 0.0995. The van der Waals surface area contributed by atoms with Gasteiger partial charge in [-0.1, -0.05) is 0 Å². The van der Waals surface area contributed by atoms with Crippen molar-refractivity contribution < 1.29 is 4.79 Å². The Kier molecular flexibility index (Phi) is 5.71. The van der Waals surface area contributed by atoms with E-state index in [1.54, 1.807) is 6.20 Å². The van der Waals surface area contributed by atoms with Crippen molar-refractivity contribution in [3.63, 3.8) is 0 Å². The third-order valence-electron chi connectivity index (χ3n) is 6.47. The molecule has 2 aliphatic rings. The van der Waals surface area contributed by atoms with E-state index >= 15 is 0 Å². The molecule has 2 aliphatic heterocycles. The molecule has 0 aromatic carbocycles. The van der Waals surface area contributed by atoms with E-state index in [2.05, 4.69) is 36.6 Å². The SMILES string of the molecule is N#CCCN1[C@@H]2CC[C@H]1C[C@H](Nc1nc(Nc3cnc(C(N)=O)cn3)cc3ncccc13)C2. The van der Waals surface area contributed by atoms with Gasteiger partial charge in [-0.15, -0.1) is 0 Å². The maximum absolute atomic E-state index is 11.2. The summed E-state index contributed by atoms with van der Waals surface area (Å²) in [4.78, 5) is 31.3. The summed E-state index contributed by atoms with van der Waals surface area (Å²) in [6.45, 7) is 0.860. The number of pyridine rings is 2. The molecule has 5 rings (SSSR count). The van der Waals surface area contributed by atoms with Crippen molar-refractivity contribution in [2.45, 2.75) is 50.2 Å². The van der Waals surface area contributed by atoms with Gasteiger partial charge in [-0.2, -0.15) is 5.26 Å². The van der Waals surface area contributed by atoms with Gasteiger partial charge in [-0.25, -0.2) is 15.0 Å². The molecular formula is C23H25N9O. The molecule has 0 saturated carbocycles. The Morgan fingerprint density at radius 1 is 1.18 bits per heavy atom. The standard InChI is InChI=1S/C23H25N9O/c24-6-2-8-32-15-4-5-16(32)10-14(9-15)29-23-17-3-1-7-26-18(17)11-20(31-23)30-21-13-27-19(12-28-21)22(25)33/h1,3,7,11-16H,2,4-5,8-10H2,(H2,25,33)(H2,28,29,30,31)/t14-,15-,16+. The van der Waals surface area contributed by atoms with Crippen LogP contribution in [-0.2, 0) is 0 Å². The number of hydrogen-bond acceptors (Lipinski definition) is 9. The van der Waals surface area contributed by atoms with Crippen LogP contribution < -0.4 is 16.4 Å². The van der Waals surface area contributed by atoms with Crippen molar-refractivity contribution in [3.05, 3.63) is 42.5 Å². The molecule has 2 fully saturated rings. The van der Waals surface area contributed by atoms with Gasteiger partial charge in [-0.05, 0) is 37.8 Å². The molecule has 0 spiro atoms. The number of piperidine rings is 1. The average molecular weight is 444 g/mol. The summed E-state index contributed by atoms with van der Waals surface area (Å²) in [7, 11) is 0. The molecule has 2 bridgehead atoms. The number of carbonyl (C=O) groups is 1. The zero-order valence-electron chi connectivity index (χ0n) is 18.1. The summed E-state index contributed by atoms with van der Waals surface area (Å²) in [5.41, 5.74) is 6.15. The van der Waals surface area contributed by atoms with Crippen molar-refractivity contribution in [2.75, 3.05) is 17.2 Å². The summed E-state index contributed by atoms with van der Waals surface area (Å²) < 4.78 is 0. The van der Waals surface area contributed by atoms with Crippen LogP contribution >= 0.6 is 0 Å². The van der Waals surface area contributed by atoms with Crippen LogP contribution in [0, 0.1) is 11.3 Å². The molecule has 10 heteroatoms. The number of nitrogens with zero attached hydrogens (tertiary/aromatic N) is 6. The summed E-state index contributed by atoms with van der Waals surface area (Å²) >= 11 is 0. The molecule has 4 N–H and O–H groups in total. The molecule has 2 saturated heterocycles. The molecule has 3 aromatic rings. The Morgan fingerprint density at radius 3 is 2.70 bits per heavy atom. The molecule has 168 valence electrons. The van der Waals surface area contributed by atoms with E-state index in [-0.39, 0.29) is 5.69 Å². The number of nitriles is 1. The molecule has 0 radical (unpaired) electrons. The van der Waals surface area contributed by atoms with E-state index in [0.29, 0.717) is 36.2 Å². The van der Waals surface area contributed by atoms with Gasteiger partial charge in [-0.3, -0.25) is 14.7 Å². The van der Waals surface area contributed by atoms with Gasteiger partial charge in [0, 0.05) is 48.7 Å². The summed E-state index contributed by atoms with van der Waals surface area (Å²) in [6.07, 6.45) is 9.56. The van der Waals surface area contributed by atoms with E-state index < -0.39 is 5.91 Å². The number of anilines is 3. The predicted molar refractivity (Wildman–Crippen MR) is 124 cm³/mol. The third kappa shape index (κ3) is 4.40. The molecule has 3 atom stereocenters. The monoisotopic (exact) mass is 443 g/mol. The molecule has 10 nitrogen and oxygen atoms in total. The smallest absolute Gasteiger partial charge is 0.268 e. The number of rotatable bonds is 7. The minimum atomic E-state index is -0.624. The summed E-state index contributed by atoms with van der Waals surface area (Å²) in [6, 6.07) is 9.39. The molecule has 33 heavy (non-hydrogen) atoms. The zero-order chi connectivity index (χ0) is 22.8. The van der Waals surface area contributed by atoms with Crippen LogP contribution in [0.2, 0.25) is 0 Å². The quantitative estimate of drug-likeness (QED) is 0.501. The highest BCUT2D eigenvalue weighted by molar-refractivity contribution is 5.92.